The quantitative estimate of drug-likeness (QED) is 0.564. The number of nitrogens with one attached hydrogen (secondary N) is 1. The van der Waals surface area contributed by atoms with Gasteiger partial charge < -0.3 is 19.7 Å². The molecule has 0 saturated carbocycles. The normalized spacial score (nSPS) is 23.4. The van der Waals surface area contributed by atoms with E-state index in [1.165, 1.54) is 18.4 Å². The van der Waals surface area contributed by atoms with Gasteiger partial charge in [0.25, 0.3) is 0 Å². The third-order valence-electron chi connectivity index (χ3n) is 5.50. The molecule has 6 heteroatoms. The minimum atomic E-state index is 0.314. The second kappa shape index (κ2) is 11.0. The number of hydrogen-bond acceptors (Lipinski definition) is 4. The number of rotatable bonds is 7. The molecule has 27 heavy (non-hydrogen) atoms. The predicted octanol–water partition coefficient (Wildman–Crippen LogP) is 3.87. The standard InChI is InChI=1S/C21H35N3O2S/c1-3-22-21(23-14-17(2)18-9-13-27-16-18)24-10-7-19(8-11-24)26-15-20-6-4-5-12-25-20/h9,13,16-17,19-20H,3-8,10-12,14-15H2,1-2H3,(H,22,23). The monoisotopic (exact) mass is 393 g/mol. The lowest BCUT2D eigenvalue weighted by atomic mass is 10.1. The summed E-state index contributed by atoms with van der Waals surface area (Å²) in [5.41, 5.74) is 1.39. The Kier molecular flexibility index (Phi) is 8.42. The van der Waals surface area contributed by atoms with Crippen LogP contribution in [0.5, 0.6) is 0 Å². The number of likely N-dealkylation sites (tertiary alicyclic amines) is 1. The van der Waals surface area contributed by atoms with Crippen molar-refractivity contribution in [3.05, 3.63) is 22.4 Å². The van der Waals surface area contributed by atoms with E-state index in [-0.39, 0.29) is 0 Å². The van der Waals surface area contributed by atoms with E-state index in [1.54, 1.807) is 11.3 Å². The average molecular weight is 394 g/mol. The lowest BCUT2D eigenvalue weighted by Crippen LogP contribution is -2.47. The summed E-state index contributed by atoms with van der Waals surface area (Å²) in [6.45, 7) is 9.80. The number of nitrogens with zero attached hydrogens (tertiary/aromatic N) is 2. The fourth-order valence-corrected chi connectivity index (χ4v) is 4.51. The van der Waals surface area contributed by atoms with Crippen LogP contribution in [0.25, 0.3) is 0 Å². The fourth-order valence-electron chi connectivity index (χ4n) is 3.73. The zero-order valence-corrected chi connectivity index (χ0v) is 17.7. The van der Waals surface area contributed by atoms with Gasteiger partial charge in [0.15, 0.2) is 5.96 Å². The maximum absolute atomic E-state index is 6.15. The second-order valence-electron chi connectivity index (χ2n) is 7.66. The van der Waals surface area contributed by atoms with Crippen molar-refractivity contribution in [3.63, 3.8) is 0 Å². The number of guanidine groups is 1. The van der Waals surface area contributed by atoms with Gasteiger partial charge in [0.1, 0.15) is 0 Å². The molecule has 2 atom stereocenters. The van der Waals surface area contributed by atoms with Crippen molar-refractivity contribution in [2.24, 2.45) is 4.99 Å². The van der Waals surface area contributed by atoms with E-state index in [2.05, 4.69) is 40.9 Å². The van der Waals surface area contributed by atoms with Crippen LogP contribution in [-0.4, -0.2) is 62.5 Å². The van der Waals surface area contributed by atoms with Crippen molar-refractivity contribution in [3.8, 4) is 0 Å². The molecule has 0 radical (unpaired) electrons. The van der Waals surface area contributed by atoms with E-state index < -0.39 is 0 Å². The van der Waals surface area contributed by atoms with Crippen molar-refractivity contribution >= 4 is 17.3 Å². The maximum atomic E-state index is 6.15. The Morgan fingerprint density at radius 3 is 2.89 bits per heavy atom. The van der Waals surface area contributed by atoms with Gasteiger partial charge in [-0.25, -0.2) is 0 Å². The molecule has 0 spiro atoms. The van der Waals surface area contributed by atoms with Crippen molar-refractivity contribution in [2.45, 2.75) is 64.1 Å². The average Bonchev–Trinajstić information content (AvgIpc) is 3.26. The highest BCUT2D eigenvalue weighted by atomic mass is 32.1. The van der Waals surface area contributed by atoms with Crippen LogP contribution in [0.3, 0.4) is 0 Å². The number of ether oxygens (including phenoxy) is 2. The molecule has 3 heterocycles. The smallest absolute Gasteiger partial charge is 0.193 e. The van der Waals surface area contributed by atoms with Gasteiger partial charge in [-0.05, 0) is 61.4 Å². The summed E-state index contributed by atoms with van der Waals surface area (Å²) in [5.74, 6) is 1.51. The van der Waals surface area contributed by atoms with Crippen LogP contribution >= 0.6 is 11.3 Å². The molecule has 2 saturated heterocycles. The van der Waals surface area contributed by atoms with Crippen molar-refractivity contribution < 1.29 is 9.47 Å². The van der Waals surface area contributed by atoms with Crippen LogP contribution in [0.4, 0.5) is 0 Å². The minimum absolute atomic E-state index is 0.314. The summed E-state index contributed by atoms with van der Waals surface area (Å²) in [6.07, 6.45) is 6.44. The summed E-state index contributed by atoms with van der Waals surface area (Å²) < 4.78 is 11.9. The van der Waals surface area contributed by atoms with Gasteiger partial charge in [0.2, 0.25) is 0 Å². The third-order valence-corrected chi connectivity index (χ3v) is 6.20. The summed E-state index contributed by atoms with van der Waals surface area (Å²) in [5, 5.41) is 7.84. The van der Waals surface area contributed by atoms with Crippen LogP contribution in [0.15, 0.2) is 21.8 Å². The first-order chi connectivity index (χ1) is 13.3. The van der Waals surface area contributed by atoms with Crippen LogP contribution < -0.4 is 5.32 Å². The largest absolute Gasteiger partial charge is 0.376 e. The molecule has 1 N–H and O–H groups in total. The van der Waals surface area contributed by atoms with E-state index in [4.69, 9.17) is 14.5 Å². The van der Waals surface area contributed by atoms with Crippen LogP contribution in [0.2, 0.25) is 0 Å². The molecule has 2 fully saturated rings. The summed E-state index contributed by atoms with van der Waals surface area (Å²) in [4.78, 5) is 7.30. The number of aliphatic imine (C=N–C) groups is 1. The Balaban J connectivity index is 1.44. The molecule has 3 rings (SSSR count). The van der Waals surface area contributed by atoms with Crippen molar-refractivity contribution in [1.82, 2.24) is 10.2 Å². The van der Waals surface area contributed by atoms with E-state index in [0.29, 0.717) is 18.1 Å². The van der Waals surface area contributed by atoms with E-state index >= 15 is 0 Å². The first-order valence-corrected chi connectivity index (χ1v) is 11.5. The molecular formula is C21H35N3O2S. The van der Waals surface area contributed by atoms with Gasteiger partial charge in [-0.3, -0.25) is 4.99 Å². The van der Waals surface area contributed by atoms with Crippen LogP contribution in [0.1, 0.15) is 57.4 Å². The Morgan fingerprint density at radius 1 is 1.37 bits per heavy atom. The SMILES string of the molecule is CCNC(=NCC(C)c1ccsc1)N1CCC(OCC2CCCCO2)CC1. The summed E-state index contributed by atoms with van der Waals surface area (Å²) in [6, 6.07) is 2.20. The molecule has 2 unspecified atom stereocenters. The van der Waals surface area contributed by atoms with Gasteiger partial charge in [-0.2, -0.15) is 11.3 Å². The minimum Gasteiger partial charge on any atom is -0.376 e. The zero-order chi connectivity index (χ0) is 18.9. The van der Waals surface area contributed by atoms with E-state index in [0.717, 1.165) is 64.6 Å². The topological polar surface area (TPSA) is 46.1 Å². The molecule has 1 aromatic heterocycles. The Hall–Kier alpha value is -1.11. The molecule has 5 nitrogen and oxygen atoms in total. The molecule has 152 valence electrons. The number of thiophene rings is 1. The van der Waals surface area contributed by atoms with Crippen molar-refractivity contribution in [2.75, 3.05) is 39.4 Å². The van der Waals surface area contributed by atoms with E-state index in [1.807, 2.05) is 0 Å². The number of hydrogen-bond donors (Lipinski definition) is 1. The first-order valence-electron chi connectivity index (χ1n) is 10.5. The molecule has 2 aliphatic heterocycles. The van der Waals surface area contributed by atoms with Crippen molar-refractivity contribution in [1.29, 1.82) is 0 Å². The number of piperidine rings is 1. The maximum Gasteiger partial charge on any atom is 0.193 e. The highest BCUT2D eigenvalue weighted by Crippen LogP contribution is 2.20. The van der Waals surface area contributed by atoms with Gasteiger partial charge >= 0.3 is 0 Å². The summed E-state index contributed by atoms with van der Waals surface area (Å²) >= 11 is 1.76. The van der Waals surface area contributed by atoms with Gasteiger partial charge in [-0.1, -0.05) is 6.92 Å². The van der Waals surface area contributed by atoms with E-state index in [9.17, 15) is 0 Å². The van der Waals surface area contributed by atoms with Crippen LogP contribution in [0, 0.1) is 0 Å². The van der Waals surface area contributed by atoms with Gasteiger partial charge in [-0.15, -0.1) is 0 Å². The van der Waals surface area contributed by atoms with Gasteiger partial charge in [0, 0.05) is 38.7 Å². The molecular weight excluding hydrogens is 358 g/mol. The zero-order valence-electron chi connectivity index (χ0n) is 16.9. The lowest BCUT2D eigenvalue weighted by molar-refractivity contribution is -0.0721. The first kappa shape index (κ1) is 20.6. The Bertz CT molecular complexity index is 550. The highest BCUT2D eigenvalue weighted by Gasteiger charge is 2.24. The molecule has 0 bridgehead atoms. The van der Waals surface area contributed by atoms with Crippen LogP contribution in [-0.2, 0) is 9.47 Å². The second-order valence-corrected chi connectivity index (χ2v) is 8.44. The van der Waals surface area contributed by atoms with Gasteiger partial charge in [0.05, 0.1) is 18.8 Å². The molecule has 0 amide bonds. The molecule has 0 aromatic carbocycles. The molecule has 0 aliphatic carbocycles. The Morgan fingerprint density at radius 2 is 2.22 bits per heavy atom. The highest BCUT2D eigenvalue weighted by molar-refractivity contribution is 7.07. The Labute approximate surface area is 168 Å². The third kappa shape index (κ3) is 6.47. The molecule has 2 aliphatic rings. The fraction of sp³-hybridized carbons (Fsp3) is 0.762. The summed E-state index contributed by atoms with van der Waals surface area (Å²) in [7, 11) is 0. The lowest BCUT2D eigenvalue weighted by Gasteiger charge is -2.35. The molecule has 1 aromatic rings. The predicted molar refractivity (Wildman–Crippen MR) is 113 cm³/mol.